The molecule has 0 unspecified atom stereocenters. The van der Waals surface area contributed by atoms with Crippen molar-refractivity contribution in [3.63, 3.8) is 0 Å². The summed E-state index contributed by atoms with van der Waals surface area (Å²) >= 11 is 0. The van der Waals surface area contributed by atoms with Crippen LogP contribution in [0.15, 0.2) is 0 Å². The summed E-state index contributed by atoms with van der Waals surface area (Å²) in [4.78, 5) is 35.7. The number of imide groups is 1. The third kappa shape index (κ3) is 3.18. The minimum absolute atomic E-state index is 0.129. The van der Waals surface area contributed by atoms with Crippen molar-refractivity contribution in [1.29, 1.82) is 0 Å². The van der Waals surface area contributed by atoms with E-state index in [0.29, 0.717) is 6.54 Å². The van der Waals surface area contributed by atoms with Gasteiger partial charge in [-0.2, -0.15) is 0 Å². The molecule has 6 heteroatoms. The van der Waals surface area contributed by atoms with Gasteiger partial charge in [-0.05, 0) is 20.3 Å². The summed E-state index contributed by atoms with van der Waals surface area (Å²) < 4.78 is 0. The van der Waals surface area contributed by atoms with Gasteiger partial charge in [0, 0.05) is 19.5 Å². The van der Waals surface area contributed by atoms with E-state index >= 15 is 0 Å². The average Bonchev–Trinajstić information content (AvgIpc) is 2.43. The van der Waals surface area contributed by atoms with E-state index in [0.717, 1.165) is 11.3 Å². The standard InChI is InChI=1S/C11H19N3O3/c1-4-6-12-8(15)5-7-14-9(16)11(2,3)13-10(14)17/h4-7H2,1-3H3,(H,12,15)(H,13,17). The summed E-state index contributed by atoms with van der Waals surface area (Å²) in [5.74, 6) is -0.428. The maximum Gasteiger partial charge on any atom is 0.325 e. The molecule has 17 heavy (non-hydrogen) atoms. The summed E-state index contributed by atoms with van der Waals surface area (Å²) in [5.41, 5.74) is -0.864. The molecule has 4 amide bonds. The fraction of sp³-hybridized carbons (Fsp3) is 0.727. The van der Waals surface area contributed by atoms with Crippen molar-refractivity contribution in [2.45, 2.75) is 39.2 Å². The van der Waals surface area contributed by atoms with Crippen LogP contribution >= 0.6 is 0 Å². The molecule has 0 aliphatic carbocycles. The van der Waals surface area contributed by atoms with Crippen molar-refractivity contribution in [2.75, 3.05) is 13.1 Å². The molecule has 0 aromatic carbocycles. The molecule has 2 N–H and O–H groups in total. The molecule has 96 valence electrons. The Labute approximate surface area is 101 Å². The molecule has 1 aliphatic rings. The summed E-state index contributed by atoms with van der Waals surface area (Å²) in [6.45, 7) is 5.99. The van der Waals surface area contributed by atoms with Crippen molar-refractivity contribution in [1.82, 2.24) is 15.5 Å². The summed E-state index contributed by atoms with van der Waals surface area (Å²) in [5, 5.41) is 5.26. The van der Waals surface area contributed by atoms with Gasteiger partial charge in [-0.15, -0.1) is 0 Å². The minimum Gasteiger partial charge on any atom is -0.356 e. The van der Waals surface area contributed by atoms with Crippen LogP contribution in [0, 0.1) is 0 Å². The van der Waals surface area contributed by atoms with Gasteiger partial charge in [-0.3, -0.25) is 14.5 Å². The average molecular weight is 241 g/mol. The highest BCUT2D eigenvalue weighted by molar-refractivity contribution is 6.06. The van der Waals surface area contributed by atoms with Crippen LogP contribution in [0.4, 0.5) is 4.79 Å². The monoisotopic (exact) mass is 241 g/mol. The third-order valence-electron chi connectivity index (χ3n) is 2.58. The first-order chi connectivity index (χ1) is 7.88. The number of nitrogens with zero attached hydrogens (tertiary/aromatic N) is 1. The van der Waals surface area contributed by atoms with E-state index in [2.05, 4.69) is 10.6 Å². The molecule has 1 saturated heterocycles. The molecule has 1 aliphatic heterocycles. The van der Waals surface area contributed by atoms with E-state index in [1.54, 1.807) is 13.8 Å². The van der Waals surface area contributed by atoms with Gasteiger partial charge in [0.25, 0.3) is 5.91 Å². The first kappa shape index (κ1) is 13.5. The number of amides is 4. The number of carbonyl (C=O) groups excluding carboxylic acids is 3. The Bertz CT molecular complexity index is 339. The zero-order valence-corrected chi connectivity index (χ0v) is 10.5. The van der Waals surface area contributed by atoms with E-state index in [1.807, 2.05) is 6.92 Å². The lowest BCUT2D eigenvalue weighted by Crippen LogP contribution is -2.40. The highest BCUT2D eigenvalue weighted by Crippen LogP contribution is 2.16. The number of urea groups is 1. The van der Waals surface area contributed by atoms with Crippen molar-refractivity contribution >= 4 is 17.8 Å². The number of carbonyl (C=O) groups is 3. The zero-order chi connectivity index (χ0) is 13.1. The Morgan fingerprint density at radius 1 is 1.41 bits per heavy atom. The first-order valence-corrected chi connectivity index (χ1v) is 5.79. The molecule has 0 spiro atoms. The maximum atomic E-state index is 11.8. The minimum atomic E-state index is -0.864. The van der Waals surface area contributed by atoms with Gasteiger partial charge >= 0.3 is 6.03 Å². The van der Waals surface area contributed by atoms with Gasteiger partial charge < -0.3 is 10.6 Å². The molecule has 0 atom stereocenters. The van der Waals surface area contributed by atoms with Gasteiger partial charge in [0.15, 0.2) is 0 Å². The van der Waals surface area contributed by atoms with Crippen LogP contribution in [-0.2, 0) is 9.59 Å². The Morgan fingerprint density at radius 2 is 2.06 bits per heavy atom. The predicted octanol–water partition coefficient (Wildman–Crippen LogP) is 0.233. The smallest absolute Gasteiger partial charge is 0.325 e. The van der Waals surface area contributed by atoms with Crippen molar-refractivity contribution in [3.8, 4) is 0 Å². The summed E-state index contributed by atoms with van der Waals surface area (Å²) in [7, 11) is 0. The van der Waals surface area contributed by atoms with E-state index < -0.39 is 11.6 Å². The SMILES string of the molecule is CCCNC(=O)CCN1C(=O)NC(C)(C)C1=O. The highest BCUT2D eigenvalue weighted by Gasteiger charge is 2.43. The van der Waals surface area contributed by atoms with Crippen molar-refractivity contribution in [3.05, 3.63) is 0 Å². The molecule has 0 saturated carbocycles. The second-order valence-electron chi connectivity index (χ2n) is 4.61. The fourth-order valence-corrected chi connectivity index (χ4v) is 1.59. The van der Waals surface area contributed by atoms with Gasteiger partial charge in [0.05, 0.1) is 0 Å². The topological polar surface area (TPSA) is 78.5 Å². The molecule has 0 bridgehead atoms. The predicted molar refractivity (Wildman–Crippen MR) is 62.2 cm³/mol. The molecule has 0 radical (unpaired) electrons. The quantitative estimate of drug-likeness (QED) is 0.676. The van der Waals surface area contributed by atoms with Gasteiger partial charge in [-0.1, -0.05) is 6.92 Å². The van der Waals surface area contributed by atoms with Crippen LogP contribution in [0.3, 0.4) is 0 Å². The summed E-state index contributed by atoms with van der Waals surface area (Å²) in [6.07, 6.45) is 1.01. The number of nitrogens with one attached hydrogen (secondary N) is 2. The Kier molecular flexibility index (Phi) is 4.09. The molecule has 1 rings (SSSR count). The lowest BCUT2D eigenvalue weighted by Gasteiger charge is -2.15. The second kappa shape index (κ2) is 5.16. The van der Waals surface area contributed by atoms with Crippen LogP contribution in [0.25, 0.3) is 0 Å². The largest absolute Gasteiger partial charge is 0.356 e. The molecular formula is C11H19N3O3. The molecule has 0 aromatic rings. The molecule has 0 aromatic heterocycles. The second-order valence-corrected chi connectivity index (χ2v) is 4.61. The Hall–Kier alpha value is -1.59. The van der Waals surface area contributed by atoms with Crippen LogP contribution in [0.2, 0.25) is 0 Å². The van der Waals surface area contributed by atoms with Crippen molar-refractivity contribution < 1.29 is 14.4 Å². The Morgan fingerprint density at radius 3 is 2.53 bits per heavy atom. The van der Waals surface area contributed by atoms with Crippen LogP contribution < -0.4 is 10.6 Å². The molecule has 1 fully saturated rings. The van der Waals surface area contributed by atoms with Gasteiger partial charge in [0.1, 0.15) is 5.54 Å². The van der Waals surface area contributed by atoms with E-state index in [4.69, 9.17) is 0 Å². The molecule has 1 heterocycles. The lowest BCUT2D eigenvalue weighted by atomic mass is 10.1. The van der Waals surface area contributed by atoms with E-state index in [1.165, 1.54) is 0 Å². The van der Waals surface area contributed by atoms with E-state index in [-0.39, 0.29) is 24.8 Å². The molecular weight excluding hydrogens is 222 g/mol. The lowest BCUT2D eigenvalue weighted by molar-refractivity contribution is -0.130. The van der Waals surface area contributed by atoms with E-state index in [9.17, 15) is 14.4 Å². The van der Waals surface area contributed by atoms with Crippen molar-refractivity contribution in [2.24, 2.45) is 0 Å². The number of hydrogen-bond donors (Lipinski definition) is 2. The number of rotatable bonds is 5. The third-order valence-corrected chi connectivity index (χ3v) is 2.58. The normalized spacial score (nSPS) is 18.2. The maximum absolute atomic E-state index is 11.8. The van der Waals surface area contributed by atoms with Gasteiger partial charge in [0.2, 0.25) is 5.91 Å². The van der Waals surface area contributed by atoms with Crippen LogP contribution in [-0.4, -0.2) is 41.4 Å². The van der Waals surface area contributed by atoms with Gasteiger partial charge in [-0.25, -0.2) is 4.79 Å². The summed E-state index contributed by atoms with van der Waals surface area (Å²) in [6, 6.07) is -0.428. The van der Waals surface area contributed by atoms with Crippen LogP contribution in [0.5, 0.6) is 0 Å². The fourth-order valence-electron chi connectivity index (χ4n) is 1.59. The first-order valence-electron chi connectivity index (χ1n) is 5.79. The molecule has 6 nitrogen and oxygen atoms in total. The highest BCUT2D eigenvalue weighted by atomic mass is 16.2. The zero-order valence-electron chi connectivity index (χ0n) is 10.5. The van der Waals surface area contributed by atoms with Crippen LogP contribution in [0.1, 0.15) is 33.6 Å². The number of hydrogen-bond acceptors (Lipinski definition) is 3. The Balaban J connectivity index is 2.45.